The third kappa shape index (κ3) is 13.9. The first-order valence-electron chi connectivity index (χ1n) is 24.8. The minimum atomic E-state index is -1.71. The van der Waals surface area contributed by atoms with Gasteiger partial charge in [-0.1, -0.05) is 242 Å². The van der Waals surface area contributed by atoms with Crippen molar-refractivity contribution in [1.29, 1.82) is 0 Å². The van der Waals surface area contributed by atoms with Crippen molar-refractivity contribution in [3.63, 3.8) is 0 Å². The summed E-state index contributed by atoms with van der Waals surface area (Å²) >= 11 is 0. The summed E-state index contributed by atoms with van der Waals surface area (Å²) in [6.07, 6.45) is 3.36. The molecule has 9 aromatic rings. The van der Waals surface area contributed by atoms with Crippen LogP contribution in [0.15, 0.2) is 217 Å². The van der Waals surface area contributed by atoms with Crippen molar-refractivity contribution < 1.29 is 21.7 Å². The third-order valence-corrected chi connectivity index (χ3v) is 16.6. The van der Waals surface area contributed by atoms with E-state index in [4.69, 9.17) is 0 Å². The fraction of sp³-hybridized carbons (Fsp3) is 0.159. The summed E-state index contributed by atoms with van der Waals surface area (Å²) in [7, 11) is -1.71. The summed E-state index contributed by atoms with van der Waals surface area (Å²) in [5, 5.41) is 4.07. The normalized spacial score (nSPS) is 12.6. The second-order valence-corrected chi connectivity index (χ2v) is 22.3. The van der Waals surface area contributed by atoms with Gasteiger partial charge in [0.25, 0.3) is 0 Å². The molecule has 74 heavy (non-hydrogen) atoms. The van der Waals surface area contributed by atoms with Crippen LogP contribution < -0.4 is 15.6 Å². The van der Waals surface area contributed by atoms with E-state index < -0.39 is 8.80 Å². The average Bonchev–Trinajstić information content (AvgIpc) is 3.58. The molecule has 1 aliphatic carbocycles. The molecule has 0 heterocycles. The van der Waals surface area contributed by atoms with Gasteiger partial charge >= 0.3 is 0 Å². The van der Waals surface area contributed by atoms with E-state index >= 15 is 0 Å². The molecule has 1 aliphatic rings. The molecule has 0 aromatic heterocycles. The van der Waals surface area contributed by atoms with E-state index in [1.54, 1.807) is 0 Å². The minimum Gasteiger partial charge on any atom is -0.266 e. The van der Waals surface area contributed by atoms with E-state index in [9.17, 15) is 0 Å². The first-order chi connectivity index (χ1) is 33.7. The number of aryl methyl sites for hydroxylation is 6. The van der Waals surface area contributed by atoms with Crippen LogP contribution in [-0.2, 0) is 21.7 Å². The van der Waals surface area contributed by atoms with Crippen molar-refractivity contribution in [2.45, 2.75) is 69.2 Å². The van der Waals surface area contributed by atoms with Gasteiger partial charge in [0.1, 0.15) is 0 Å². The first-order valence-corrected chi connectivity index (χ1v) is 26.3. The van der Waals surface area contributed by atoms with Crippen molar-refractivity contribution in [2.75, 3.05) is 0 Å². The van der Waals surface area contributed by atoms with Gasteiger partial charge < -0.3 is 0 Å². The molecular formula is C69H67Cl3SiTi-. The summed E-state index contributed by atoms with van der Waals surface area (Å²) < 4.78 is 0. The molecule has 10 rings (SSSR count). The molecular weight excluding hydrogens is 1010 g/mol. The molecule has 0 nitrogen and oxygen atoms in total. The van der Waals surface area contributed by atoms with Gasteiger partial charge in [-0.15, -0.1) is 44.1 Å². The zero-order chi connectivity index (χ0) is 49.1. The maximum Gasteiger partial charge on any atom is 0.154 e. The van der Waals surface area contributed by atoms with Crippen LogP contribution in [0.1, 0.15) is 61.1 Å². The second-order valence-electron chi connectivity index (χ2n) is 19.8. The molecule has 0 amide bonds. The second kappa shape index (κ2) is 26.2. The van der Waals surface area contributed by atoms with Gasteiger partial charge in [0.2, 0.25) is 0 Å². The van der Waals surface area contributed by atoms with Gasteiger partial charge in [0.15, 0.2) is 8.80 Å². The summed E-state index contributed by atoms with van der Waals surface area (Å²) in [6.45, 7) is 21.8. The zero-order valence-electron chi connectivity index (χ0n) is 44.4. The van der Waals surface area contributed by atoms with Gasteiger partial charge in [-0.25, -0.2) is 5.57 Å². The van der Waals surface area contributed by atoms with E-state index in [-0.39, 0.29) is 58.9 Å². The number of benzene rings is 9. The summed E-state index contributed by atoms with van der Waals surface area (Å²) in [5.41, 5.74) is 26.6. The largest absolute Gasteiger partial charge is 0.266 e. The third-order valence-electron chi connectivity index (χ3n) is 14.0. The quantitative estimate of drug-likeness (QED) is 0.0768. The molecule has 9 aromatic carbocycles. The van der Waals surface area contributed by atoms with Crippen LogP contribution >= 0.6 is 37.2 Å². The van der Waals surface area contributed by atoms with Crippen molar-refractivity contribution in [1.82, 2.24) is 0 Å². The van der Waals surface area contributed by atoms with Gasteiger partial charge in [-0.3, -0.25) is 6.08 Å². The van der Waals surface area contributed by atoms with Crippen LogP contribution in [0.3, 0.4) is 0 Å². The van der Waals surface area contributed by atoms with Crippen LogP contribution in [0.25, 0.3) is 66.8 Å². The van der Waals surface area contributed by atoms with E-state index in [2.05, 4.69) is 276 Å². The Labute approximate surface area is 477 Å². The molecule has 0 N–H and O–H groups in total. The molecule has 5 heteroatoms. The fourth-order valence-electron chi connectivity index (χ4n) is 9.93. The predicted octanol–water partition coefficient (Wildman–Crippen LogP) is 18.0. The van der Waals surface area contributed by atoms with Crippen molar-refractivity contribution in [3.8, 4) is 66.8 Å². The Bertz CT molecular complexity index is 2950. The van der Waals surface area contributed by atoms with E-state index in [0.29, 0.717) is 5.92 Å². The molecule has 0 spiro atoms. The van der Waals surface area contributed by atoms with E-state index in [0.717, 1.165) is 0 Å². The number of halogens is 3. The predicted molar refractivity (Wildman–Crippen MR) is 327 cm³/mol. The molecule has 0 saturated carbocycles. The molecule has 1 unspecified atom stereocenters. The number of allylic oxidation sites excluding steroid dienone is 4. The zero-order valence-corrected chi connectivity index (χ0v) is 49.4. The Morgan fingerprint density at radius 2 is 0.514 bits per heavy atom. The summed E-state index contributed by atoms with van der Waals surface area (Å²) in [6, 6.07) is 76.0. The molecule has 373 valence electrons. The average molecular weight is 1080 g/mol. The number of hydrogen-bond donors (Lipinski definition) is 0. The Hall–Kier alpha value is -5.74. The molecule has 0 fully saturated rings. The molecule has 1 atom stereocenters. The monoisotopic (exact) mass is 1080 g/mol. The van der Waals surface area contributed by atoms with Crippen LogP contribution in [-0.4, -0.2) is 8.80 Å². The topological polar surface area (TPSA) is 0 Å². The van der Waals surface area contributed by atoms with Crippen molar-refractivity contribution in [3.05, 3.63) is 256 Å². The van der Waals surface area contributed by atoms with Gasteiger partial charge in [0, 0.05) is 21.7 Å². The maximum atomic E-state index is 3.36. The van der Waals surface area contributed by atoms with E-state index in [1.165, 1.54) is 132 Å². The van der Waals surface area contributed by atoms with Crippen LogP contribution in [0.4, 0.5) is 0 Å². The standard InChI is InChI=1S/C60H51Si.C9H13.3ClH.Ti/c1-40-13-7-19-46(25-40)52-31-53(47-20-8-14-41(2)26-47)35-58(34-52)61(59-36-54(48-21-9-15-42(3)27-48)32-55(37-59)49-22-10-16-43(4)28-49)60-38-56(50-23-11-17-44(5)29-50)33-57(39-60)51-24-12-18-45(6)30-51;1-6-5-7(2)9(4)8(6)3;;;;/h7-39H,1-6H3;6H,1-4H3;3*1H;/q;-1;;;;. The molecule has 0 saturated heterocycles. The molecule has 1 radical (unpaired) electrons. The Morgan fingerprint density at radius 1 is 0.297 bits per heavy atom. The first kappa shape index (κ1) is 59.1. The Balaban J connectivity index is 0.000000708. The van der Waals surface area contributed by atoms with Gasteiger partial charge in [0.05, 0.1) is 0 Å². The summed E-state index contributed by atoms with van der Waals surface area (Å²) in [4.78, 5) is 0. The van der Waals surface area contributed by atoms with Gasteiger partial charge in [-0.05, 0) is 142 Å². The van der Waals surface area contributed by atoms with Crippen molar-refractivity contribution >= 4 is 61.6 Å². The minimum absolute atomic E-state index is 0. The SMILES string of the molecule is CC1=[C-]C(C)C(C)=C1C.Cc1cccc(-c2cc(-c3cccc(C)c3)cc([Si](c3cc(-c4cccc(C)c4)cc(-c4cccc(C)c4)c3)c3cc(-c4cccc(C)c4)cc(-c4cccc(C)c4)c3)c2)c1.Cl.Cl.Cl.[Ti]. The van der Waals surface area contributed by atoms with Crippen molar-refractivity contribution in [2.24, 2.45) is 5.92 Å². The Morgan fingerprint density at radius 3 is 0.662 bits per heavy atom. The Kier molecular flexibility index (Phi) is 20.9. The van der Waals surface area contributed by atoms with Crippen LogP contribution in [0, 0.1) is 53.5 Å². The van der Waals surface area contributed by atoms with E-state index in [1.807, 2.05) is 0 Å². The molecule has 0 bridgehead atoms. The summed E-state index contributed by atoms with van der Waals surface area (Å²) in [5.74, 6) is 0.560. The molecule has 0 aliphatic heterocycles. The number of rotatable bonds is 9. The number of hydrogen-bond acceptors (Lipinski definition) is 0. The van der Waals surface area contributed by atoms with Crippen LogP contribution in [0.2, 0.25) is 0 Å². The fourth-order valence-corrected chi connectivity index (χ4v) is 12.7. The maximum absolute atomic E-state index is 3.36. The van der Waals surface area contributed by atoms with Crippen LogP contribution in [0.5, 0.6) is 0 Å². The smallest absolute Gasteiger partial charge is 0.154 e. The van der Waals surface area contributed by atoms with Gasteiger partial charge in [-0.2, -0.15) is 11.1 Å².